The van der Waals surface area contributed by atoms with Gasteiger partial charge in [0.25, 0.3) is 0 Å². The van der Waals surface area contributed by atoms with Gasteiger partial charge in [-0.3, -0.25) is 9.69 Å². The molecule has 1 aromatic carbocycles. The number of esters is 1. The molecule has 0 spiro atoms. The van der Waals surface area contributed by atoms with Crippen molar-refractivity contribution in [1.29, 1.82) is 0 Å². The summed E-state index contributed by atoms with van der Waals surface area (Å²) < 4.78 is 10.9. The van der Waals surface area contributed by atoms with Crippen molar-refractivity contribution in [3.05, 3.63) is 35.9 Å². The number of benzene rings is 1. The van der Waals surface area contributed by atoms with E-state index in [1.165, 1.54) is 0 Å². The normalized spacial score (nSPS) is 20.7. The number of ether oxygens (including phenoxy) is 2. The molecule has 0 bridgehead atoms. The average molecular weight is 306 g/mol. The Labute approximate surface area is 132 Å². The lowest BCUT2D eigenvalue weighted by molar-refractivity contribution is -0.146. The maximum Gasteiger partial charge on any atom is 0.320 e. The molecule has 5 heteroatoms. The second-order valence-electron chi connectivity index (χ2n) is 5.96. The average Bonchev–Trinajstić information content (AvgIpc) is 2.48. The van der Waals surface area contributed by atoms with E-state index in [1.54, 1.807) is 0 Å². The minimum atomic E-state index is -0.197. The van der Waals surface area contributed by atoms with E-state index >= 15 is 0 Å². The van der Waals surface area contributed by atoms with Crippen LogP contribution >= 0.6 is 0 Å². The summed E-state index contributed by atoms with van der Waals surface area (Å²) in [7, 11) is 1.92. The molecule has 122 valence electrons. The summed E-state index contributed by atoms with van der Waals surface area (Å²) in [5.74, 6) is -0.197. The maximum absolute atomic E-state index is 11.8. The summed E-state index contributed by atoms with van der Waals surface area (Å²) >= 11 is 0. The second kappa shape index (κ2) is 8.88. The third kappa shape index (κ3) is 6.13. The first-order chi connectivity index (χ1) is 10.6. The molecule has 1 aliphatic carbocycles. The Balaban J connectivity index is 1.50. The SMILES string of the molecule is CN(CCCO[C@H]1C[C@H](N)C1)CC(=O)OCc1ccccc1. The molecule has 0 radical (unpaired) electrons. The molecular formula is C17H26N2O3. The number of likely N-dealkylation sites (N-methyl/N-ethyl adjacent to an activating group) is 1. The van der Waals surface area contributed by atoms with Gasteiger partial charge in [0.2, 0.25) is 0 Å². The van der Waals surface area contributed by atoms with Crippen LogP contribution in [0.5, 0.6) is 0 Å². The topological polar surface area (TPSA) is 64.8 Å². The van der Waals surface area contributed by atoms with Gasteiger partial charge in [-0.2, -0.15) is 0 Å². The van der Waals surface area contributed by atoms with Crippen LogP contribution in [0.2, 0.25) is 0 Å². The van der Waals surface area contributed by atoms with Gasteiger partial charge in [0, 0.05) is 19.2 Å². The third-order valence-electron chi connectivity index (χ3n) is 3.81. The van der Waals surface area contributed by atoms with Crippen molar-refractivity contribution in [1.82, 2.24) is 4.90 Å². The van der Waals surface area contributed by atoms with E-state index in [4.69, 9.17) is 15.2 Å². The van der Waals surface area contributed by atoms with Gasteiger partial charge in [0.05, 0.1) is 12.6 Å². The molecule has 1 fully saturated rings. The van der Waals surface area contributed by atoms with Crippen molar-refractivity contribution in [3.63, 3.8) is 0 Å². The Morgan fingerprint density at radius 3 is 2.73 bits per heavy atom. The molecule has 0 aliphatic heterocycles. The van der Waals surface area contributed by atoms with Gasteiger partial charge >= 0.3 is 5.97 Å². The number of hydrogen-bond acceptors (Lipinski definition) is 5. The van der Waals surface area contributed by atoms with Crippen molar-refractivity contribution < 1.29 is 14.3 Å². The lowest BCUT2D eigenvalue weighted by Crippen LogP contribution is -2.42. The largest absolute Gasteiger partial charge is 0.460 e. The fourth-order valence-electron chi connectivity index (χ4n) is 2.41. The molecule has 0 unspecified atom stereocenters. The monoisotopic (exact) mass is 306 g/mol. The first-order valence-electron chi connectivity index (χ1n) is 7.89. The molecular weight excluding hydrogens is 280 g/mol. The van der Waals surface area contributed by atoms with E-state index in [0.717, 1.165) is 38.0 Å². The van der Waals surface area contributed by atoms with E-state index in [0.29, 0.717) is 25.3 Å². The van der Waals surface area contributed by atoms with Gasteiger partial charge in [-0.25, -0.2) is 0 Å². The van der Waals surface area contributed by atoms with Gasteiger partial charge in [-0.1, -0.05) is 30.3 Å². The summed E-state index contributed by atoms with van der Waals surface area (Å²) in [6.07, 6.45) is 3.20. The Kier molecular flexibility index (Phi) is 6.83. The predicted octanol–water partition coefficient (Wildman–Crippen LogP) is 1.56. The van der Waals surface area contributed by atoms with E-state index in [2.05, 4.69) is 0 Å². The van der Waals surface area contributed by atoms with Crippen molar-refractivity contribution in [2.75, 3.05) is 26.7 Å². The predicted molar refractivity (Wildman–Crippen MR) is 85.3 cm³/mol. The summed E-state index contributed by atoms with van der Waals surface area (Å²) in [5.41, 5.74) is 6.71. The number of nitrogens with two attached hydrogens (primary N) is 1. The zero-order chi connectivity index (χ0) is 15.8. The molecule has 0 heterocycles. The van der Waals surface area contributed by atoms with Crippen LogP contribution < -0.4 is 5.73 Å². The first kappa shape index (κ1) is 16.9. The Bertz CT molecular complexity index is 446. The van der Waals surface area contributed by atoms with E-state index in [-0.39, 0.29) is 5.97 Å². The van der Waals surface area contributed by atoms with Gasteiger partial charge in [0.1, 0.15) is 6.61 Å². The maximum atomic E-state index is 11.8. The van der Waals surface area contributed by atoms with Crippen LogP contribution in [0.15, 0.2) is 30.3 Å². The van der Waals surface area contributed by atoms with Crippen molar-refractivity contribution in [2.45, 2.75) is 38.0 Å². The molecule has 0 amide bonds. The molecule has 0 saturated heterocycles. The van der Waals surface area contributed by atoms with Gasteiger partial charge in [-0.15, -0.1) is 0 Å². The van der Waals surface area contributed by atoms with Crippen LogP contribution in [-0.2, 0) is 20.9 Å². The van der Waals surface area contributed by atoms with Crippen LogP contribution in [0.4, 0.5) is 0 Å². The Hall–Kier alpha value is -1.43. The highest BCUT2D eigenvalue weighted by Gasteiger charge is 2.26. The highest BCUT2D eigenvalue weighted by atomic mass is 16.5. The van der Waals surface area contributed by atoms with E-state index in [9.17, 15) is 4.79 Å². The number of carbonyl (C=O) groups excluding carboxylic acids is 1. The fourth-order valence-corrected chi connectivity index (χ4v) is 2.41. The number of rotatable bonds is 9. The molecule has 2 N–H and O–H groups in total. The van der Waals surface area contributed by atoms with Gasteiger partial charge < -0.3 is 15.2 Å². The molecule has 2 rings (SSSR count). The van der Waals surface area contributed by atoms with Crippen molar-refractivity contribution >= 4 is 5.97 Å². The molecule has 1 saturated carbocycles. The lowest BCUT2D eigenvalue weighted by Gasteiger charge is -2.32. The van der Waals surface area contributed by atoms with E-state index in [1.807, 2.05) is 42.3 Å². The zero-order valence-corrected chi connectivity index (χ0v) is 13.2. The molecule has 0 aromatic heterocycles. The van der Waals surface area contributed by atoms with Crippen LogP contribution in [0.25, 0.3) is 0 Å². The highest BCUT2D eigenvalue weighted by Crippen LogP contribution is 2.21. The standard InChI is InChI=1S/C17H26N2O3/c1-19(8-5-9-21-16-10-15(18)11-16)12-17(20)22-13-14-6-3-2-4-7-14/h2-4,6-7,15-16H,5,8-13,18H2,1H3/t15-,16-. The minimum Gasteiger partial charge on any atom is -0.460 e. The summed E-state index contributed by atoms with van der Waals surface area (Å²) in [5, 5.41) is 0. The quantitative estimate of drug-likeness (QED) is 0.554. The summed E-state index contributed by atoms with van der Waals surface area (Å²) in [6, 6.07) is 10.0. The van der Waals surface area contributed by atoms with Crippen LogP contribution in [0.1, 0.15) is 24.8 Å². The van der Waals surface area contributed by atoms with Crippen LogP contribution in [-0.4, -0.2) is 49.8 Å². The summed E-state index contributed by atoms with van der Waals surface area (Å²) in [6.45, 7) is 2.18. The van der Waals surface area contributed by atoms with Gasteiger partial charge in [-0.05, 0) is 31.9 Å². The molecule has 1 aromatic rings. The first-order valence-corrected chi connectivity index (χ1v) is 7.89. The smallest absolute Gasteiger partial charge is 0.320 e. The fraction of sp³-hybridized carbons (Fsp3) is 0.588. The van der Waals surface area contributed by atoms with Crippen molar-refractivity contribution in [3.8, 4) is 0 Å². The minimum absolute atomic E-state index is 0.197. The van der Waals surface area contributed by atoms with Crippen molar-refractivity contribution in [2.24, 2.45) is 5.73 Å². The summed E-state index contributed by atoms with van der Waals surface area (Å²) in [4.78, 5) is 13.7. The number of nitrogens with zero attached hydrogens (tertiary/aromatic N) is 1. The van der Waals surface area contributed by atoms with Crippen LogP contribution in [0, 0.1) is 0 Å². The lowest BCUT2D eigenvalue weighted by atomic mass is 9.90. The Morgan fingerprint density at radius 1 is 1.32 bits per heavy atom. The number of carbonyl (C=O) groups is 1. The molecule has 5 nitrogen and oxygen atoms in total. The van der Waals surface area contributed by atoms with E-state index < -0.39 is 0 Å². The van der Waals surface area contributed by atoms with Crippen LogP contribution in [0.3, 0.4) is 0 Å². The molecule has 0 atom stereocenters. The molecule has 22 heavy (non-hydrogen) atoms. The van der Waals surface area contributed by atoms with Gasteiger partial charge in [0.15, 0.2) is 0 Å². The molecule has 1 aliphatic rings. The second-order valence-corrected chi connectivity index (χ2v) is 5.96. The number of hydrogen-bond donors (Lipinski definition) is 1. The third-order valence-corrected chi connectivity index (χ3v) is 3.81. The Morgan fingerprint density at radius 2 is 2.05 bits per heavy atom. The zero-order valence-electron chi connectivity index (χ0n) is 13.2. The highest BCUT2D eigenvalue weighted by molar-refractivity contribution is 5.71.